The number of halogens is 1. The molecule has 1 aromatic heterocycles. The van der Waals surface area contributed by atoms with Gasteiger partial charge >= 0.3 is 0 Å². The van der Waals surface area contributed by atoms with Crippen molar-refractivity contribution in [1.29, 1.82) is 0 Å². The molecule has 1 rings (SSSR count). The molecule has 0 spiro atoms. The lowest BCUT2D eigenvalue weighted by Gasteiger charge is -2.26. The van der Waals surface area contributed by atoms with Crippen molar-refractivity contribution >= 4 is 18.3 Å². The van der Waals surface area contributed by atoms with Crippen molar-refractivity contribution in [3.05, 3.63) is 17.5 Å². The van der Waals surface area contributed by atoms with Gasteiger partial charge in [-0.3, -0.25) is 9.48 Å². The number of hydrogen-bond acceptors (Lipinski definition) is 3. The molecule has 0 aliphatic heterocycles. The van der Waals surface area contributed by atoms with E-state index in [0.717, 1.165) is 25.0 Å². The Bertz CT molecular complexity index is 413. The number of carbonyl (C=O) groups excluding carboxylic acids is 1. The van der Waals surface area contributed by atoms with Crippen molar-refractivity contribution < 1.29 is 4.79 Å². The van der Waals surface area contributed by atoms with Gasteiger partial charge in [0.15, 0.2) is 0 Å². The van der Waals surface area contributed by atoms with Gasteiger partial charge in [0.25, 0.3) is 5.91 Å². The molecular weight excluding hydrogens is 264 g/mol. The van der Waals surface area contributed by atoms with Crippen LogP contribution in [0.3, 0.4) is 0 Å². The maximum absolute atomic E-state index is 12.1. The van der Waals surface area contributed by atoms with Gasteiger partial charge in [0.2, 0.25) is 0 Å². The highest BCUT2D eigenvalue weighted by Crippen LogP contribution is 2.11. The number of amides is 1. The molecule has 0 aromatic carbocycles. The zero-order valence-corrected chi connectivity index (χ0v) is 13.0. The van der Waals surface area contributed by atoms with Gasteiger partial charge in [0.1, 0.15) is 0 Å². The first-order valence-corrected chi connectivity index (χ1v) is 6.55. The summed E-state index contributed by atoms with van der Waals surface area (Å²) >= 11 is 0. The minimum Gasteiger partial charge on any atom is -0.350 e. The van der Waals surface area contributed by atoms with Crippen molar-refractivity contribution in [2.75, 3.05) is 6.54 Å². The minimum atomic E-state index is -0.315. The Balaban J connectivity index is 0.00000324. The molecule has 0 saturated heterocycles. The number of nitrogens with zero attached hydrogens (tertiary/aromatic N) is 2. The molecule has 0 saturated carbocycles. The van der Waals surface area contributed by atoms with Crippen LogP contribution in [0, 0.1) is 0 Å². The van der Waals surface area contributed by atoms with E-state index < -0.39 is 0 Å². The van der Waals surface area contributed by atoms with Crippen LogP contribution in [0.5, 0.6) is 0 Å². The van der Waals surface area contributed by atoms with Gasteiger partial charge in [-0.25, -0.2) is 0 Å². The predicted octanol–water partition coefficient (Wildman–Crippen LogP) is 1.65. The van der Waals surface area contributed by atoms with E-state index >= 15 is 0 Å². The second-order valence-corrected chi connectivity index (χ2v) is 4.77. The van der Waals surface area contributed by atoms with E-state index in [2.05, 4.69) is 10.4 Å². The Kier molecular flexibility index (Phi) is 7.08. The largest absolute Gasteiger partial charge is 0.350 e. The summed E-state index contributed by atoms with van der Waals surface area (Å²) in [6, 6.07) is 0. The van der Waals surface area contributed by atoms with Gasteiger partial charge in [0, 0.05) is 25.3 Å². The number of nitrogens with two attached hydrogens (primary N) is 1. The third kappa shape index (κ3) is 4.51. The molecule has 0 atom stereocenters. The minimum absolute atomic E-state index is 0. The molecule has 0 aliphatic carbocycles. The summed E-state index contributed by atoms with van der Waals surface area (Å²) in [5.74, 6) is -0.0864. The van der Waals surface area contributed by atoms with Gasteiger partial charge in [-0.15, -0.1) is 12.4 Å². The van der Waals surface area contributed by atoms with Crippen LogP contribution >= 0.6 is 12.4 Å². The Morgan fingerprint density at radius 3 is 2.47 bits per heavy atom. The van der Waals surface area contributed by atoms with Gasteiger partial charge in [-0.1, -0.05) is 20.8 Å². The molecule has 110 valence electrons. The van der Waals surface area contributed by atoms with Crippen LogP contribution in [0.1, 0.15) is 49.7 Å². The first-order chi connectivity index (χ1) is 8.45. The highest BCUT2D eigenvalue weighted by atomic mass is 35.5. The summed E-state index contributed by atoms with van der Waals surface area (Å²) in [6.45, 7) is 6.57. The summed E-state index contributed by atoms with van der Waals surface area (Å²) in [6.07, 6.45) is 4.19. The molecule has 0 fully saturated rings. The van der Waals surface area contributed by atoms with Crippen molar-refractivity contribution in [3.63, 3.8) is 0 Å². The Morgan fingerprint density at radius 2 is 2.00 bits per heavy atom. The van der Waals surface area contributed by atoms with Gasteiger partial charge in [-0.05, 0) is 19.3 Å². The monoisotopic (exact) mass is 288 g/mol. The molecule has 0 unspecified atom stereocenters. The molecule has 1 heterocycles. The van der Waals surface area contributed by atoms with Crippen LogP contribution in [-0.2, 0) is 13.5 Å². The highest BCUT2D eigenvalue weighted by molar-refractivity contribution is 5.95. The van der Waals surface area contributed by atoms with Gasteiger partial charge in [0.05, 0.1) is 11.3 Å². The second-order valence-electron chi connectivity index (χ2n) is 4.77. The lowest BCUT2D eigenvalue weighted by atomic mass is 9.94. The van der Waals surface area contributed by atoms with Crippen LogP contribution in [0.25, 0.3) is 0 Å². The molecule has 0 radical (unpaired) electrons. The SMILES string of the molecule is CCc1nn(C)cc1C(=O)NCC(N)(CC)CC.Cl. The quantitative estimate of drug-likeness (QED) is 0.836. The lowest BCUT2D eigenvalue weighted by molar-refractivity contribution is 0.0941. The predicted molar refractivity (Wildman–Crippen MR) is 79.7 cm³/mol. The number of aryl methyl sites for hydroxylation is 2. The van der Waals surface area contributed by atoms with E-state index in [9.17, 15) is 4.79 Å². The Morgan fingerprint density at radius 1 is 1.42 bits per heavy atom. The normalized spacial score (nSPS) is 11.0. The van der Waals surface area contributed by atoms with Crippen LogP contribution in [0.2, 0.25) is 0 Å². The van der Waals surface area contributed by atoms with E-state index in [0.29, 0.717) is 12.1 Å². The summed E-state index contributed by atoms with van der Waals surface area (Å²) in [5, 5.41) is 7.17. The fourth-order valence-electron chi connectivity index (χ4n) is 1.84. The fraction of sp³-hybridized carbons (Fsp3) is 0.692. The number of carbonyl (C=O) groups is 1. The Labute approximate surface area is 121 Å². The molecule has 3 N–H and O–H groups in total. The molecule has 5 nitrogen and oxygen atoms in total. The first-order valence-electron chi connectivity index (χ1n) is 6.55. The zero-order valence-electron chi connectivity index (χ0n) is 12.2. The van der Waals surface area contributed by atoms with Gasteiger partial charge in [-0.2, -0.15) is 5.10 Å². The summed E-state index contributed by atoms with van der Waals surface area (Å²) in [5.41, 5.74) is 7.32. The smallest absolute Gasteiger partial charge is 0.254 e. The molecule has 1 aromatic rings. The Hall–Kier alpha value is -1.07. The molecular formula is C13H25ClN4O. The summed E-state index contributed by atoms with van der Waals surface area (Å²) < 4.78 is 1.67. The van der Waals surface area contributed by atoms with E-state index in [-0.39, 0.29) is 23.9 Å². The van der Waals surface area contributed by atoms with Crippen LogP contribution in [-0.4, -0.2) is 27.8 Å². The van der Waals surface area contributed by atoms with Crippen molar-refractivity contribution in [1.82, 2.24) is 15.1 Å². The number of rotatable bonds is 6. The van der Waals surface area contributed by atoms with Gasteiger partial charge < -0.3 is 11.1 Å². The lowest BCUT2D eigenvalue weighted by Crippen LogP contribution is -2.49. The number of aromatic nitrogens is 2. The van der Waals surface area contributed by atoms with Crippen molar-refractivity contribution in [2.45, 2.75) is 45.6 Å². The van der Waals surface area contributed by atoms with E-state index in [1.807, 2.05) is 27.8 Å². The van der Waals surface area contributed by atoms with E-state index in [4.69, 9.17) is 5.73 Å². The van der Waals surface area contributed by atoms with Crippen LogP contribution in [0.4, 0.5) is 0 Å². The molecule has 0 aliphatic rings. The molecule has 6 heteroatoms. The summed E-state index contributed by atoms with van der Waals surface area (Å²) in [4.78, 5) is 12.1. The third-order valence-electron chi connectivity index (χ3n) is 3.49. The fourth-order valence-corrected chi connectivity index (χ4v) is 1.84. The average Bonchev–Trinajstić information content (AvgIpc) is 2.76. The zero-order chi connectivity index (χ0) is 13.8. The molecule has 0 bridgehead atoms. The second kappa shape index (κ2) is 7.50. The summed E-state index contributed by atoms with van der Waals surface area (Å²) in [7, 11) is 1.82. The maximum atomic E-state index is 12.1. The van der Waals surface area contributed by atoms with Crippen molar-refractivity contribution in [3.8, 4) is 0 Å². The standard InChI is InChI=1S/C13H24N4O.ClH/c1-5-11-10(8-17(4)16-11)12(18)15-9-13(14,6-2)7-3;/h8H,5-7,9,14H2,1-4H3,(H,15,18);1H. The maximum Gasteiger partial charge on any atom is 0.254 e. The highest BCUT2D eigenvalue weighted by Gasteiger charge is 2.22. The van der Waals surface area contributed by atoms with E-state index in [1.54, 1.807) is 10.9 Å². The topological polar surface area (TPSA) is 72.9 Å². The van der Waals surface area contributed by atoms with Crippen LogP contribution < -0.4 is 11.1 Å². The average molecular weight is 289 g/mol. The number of hydrogen-bond donors (Lipinski definition) is 2. The molecule has 1 amide bonds. The van der Waals surface area contributed by atoms with Crippen LogP contribution in [0.15, 0.2) is 6.20 Å². The number of nitrogens with one attached hydrogen (secondary N) is 1. The molecule has 19 heavy (non-hydrogen) atoms. The first kappa shape index (κ1) is 17.9. The van der Waals surface area contributed by atoms with Crippen molar-refractivity contribution in [2.24, 2.45) is 12.8 Å². The third-order valence-corrected chi connectivity index (χ3v) is 3.49. The van der Waals surface area contributed by atoms with E-state index in [1.165, 1.54) is 0 Å².